The second-order valence-corrected chi connectivity index (χ2v) is 7.00. The molecule has 0 saturated carbocycles. The van der Waals surface area contributed by atoms with Crippen LogP contribution in [0.25, 0.3) is 0 Å². The van der Waals surface area contributed by atoms with Crippen molar-refractivity contribution in [2.24, 2.45) is 0 Å². The van der Waals surface area contributed by atoms with E-state index in [1.165, 1.54) is 12.5 Å². The van der Waals surface area contributed by atoms with Crippen LogP contribution < -0.4 is 0 Å². The second kappa shape index (κ2) is 6.80. The maximum atomic E-state index is 14.2. The van der Waals surface area contributed by atoms with Crippen LogP contribution in [0.1, 0.15) is 48.9 Å². The van der Waals surface area contributed by atoms with Crippen LogP contribution in [0.3, 0.4) is 0 Å². The first kappa shape index (κ1) is 16.6. The first-order valence-corrected chi connectivity index (χ1v) is 8.90. The third-order valence-electron chi connectivity index (χ3n) is 5.23. The molecule has 2 aromatic rings. The molecule has 2 aliphatic heterocycles. The van der Waals surface area contributed by atoms with Gasteiger partial charge in [-0.2, -0.15) is 0 Å². The van der Waals surface area contributed by atoms with Crippen molar-refractivity contribution < 1.29 is 13.9 Å². The molecular formula is C18H22F2N4O. The van der Waals surface area contributed by atoms with Crippen molar-refractivity contribution in [3.05, 3.63) is 47.0 Å². The van der Waals surface area contributed by atoms with E-state index in [9.17, 15) is 13.9 Å². The van der Waals surface area contributed by atoms with Crippen LogP contribution in [0.5, 0.6) is 0 Å². The fourth-order valence-corrected chi connectivity index (χ4v) is 3.99. The number of fused-ring (bicyclic) bond motifs is 1. The van der Waals surface area contributed by atoms with E-state index in [0.717, 1.165) is 49.6 Å². The Hall–Kier alpha value is -1.86. The highest BCUT2D eigenvalue weighted by Gasteiger charge is 2.35. The Kier molecular flexibility index (Phi) is 4.52. The van der Waals surface area contributed by atoms with Crippen molar-refractivity contribution in [3.63, 3.8) is 0 Å². The van der Waals surface area contributed by atoms with Crippen LogP contribution in [-0.4, -0.2) is 37.4 Å². The number of rotatable bonds is 3. The number of nitrogens with zero attached hydrogens (tertiary/aromatic N) is 4. The average molecular weight is 348 g/mol. The number of benzene rings is 1. The number of halogens is 2. The summed E-state index contributed by atoms with van der Waals surface area (Å²) in [6.07, 6.45) is 4.17. The predicted octanol–water partition coefficient (Wildman–Crippen LogP) is 2.59. The van der Waals surface area contributed by atoms with Crippen LogP contribution in [0, 0.1) is 11.6 Å². The standard InChI is InChI=1S/C18H22F2N4O/c19-12-5-6-15(20)14(8-12)16-9-13(25)10-23(16)11-18-22-21-17-4-2-1-3-7-24(17)18/h5-6,8,13,16,25H,1-4,7,9-11H2/t13-,16+/m1/s1. The van der Waals surface area contributed by atoms with Crippen LogP contribution in [-0.2, 0) is 19.5 Å². The number of aryl methyl sites for hydroxylation is 1. The first-order valence-electron chi connectivity index (χ1n) is 8.90. The monoisotopic (exact) mass is 348 g/mol. The normalized spacial score (nSPS) is 24.3. The number of aliphatic hydroxyl groups excluding tert-OH is 1. The lowest BCUT2D eigenvalue weighted by Gasteiger charge is -2.24. The molecule has 25 heavy (non-hydrogen) atoms. The molecule has 2 aliphatic rings. The fraction of sp³-hybridized carbons (Fsp3) is 0.556. The number of β-amino-alcohol motifs (C(OH)–C–C–N with tert-alkyl or cyclic N) is 1. The molecule has 0 spiro atoms. The number of aromatic nitrogens is 3. The summed E-state index contributed by atoms with van der Waals surface area (Å²) in [4.78, 5) is 1.98. The molecule has 0 aliphatic carbocycles. The van der Waals surface area contributed by atoms with Gasteiger partial charge >= 0.3 is 0 Å². The maximum absolute atomic E-state index is 14.2. The first-order chi connectivity index (χ1) is 12.1. The van der Waals surface area contributed by atoms with Gasteiger partial charge in [0.2, 0.25) is 0 Å². The lowest BCUT2D eigenvalue weighted by atomic mass is 10.0. The Bertz CT molecular complexity index is 764. The van der Waals surface area contributed by atoms with Crippen LogP contribution in [0.15, 0.2) is 18.2 Å². The average Bonchev–Trinajstić information content (AvgIpc) is 3.04. The summed E-state index contributed by atoms with van der Waals surface area (Å²) in [5.41, 5.74) is 0.298. The molecule has 1 aromatic heterocycles. The van der Waals surface area contributed by atoms with E-state index in [1.807, 2.05) is 4.90 Å². The SMILES string of the molecule is O[C@@H]1C[C@@H](c2cc(F)ccc2F)N(Cc2nnc3n2CCCCC3)C1. The zero-order valence-corrected chi connectivity index (χ0v) is 14.0. The molecule has 3 heterocycles. The molecule has 4 rings (SSSR count). The van der Waals surface area contributed by atoms with Gasteiger partial charge in [0.05, 0.1) is 12.6 Å². The summed E-state index contributed by atoms with van der Waals surface area (Å²) in [7, 11) is 0. The molecule has 0 radical (unpaired) electrons. The molecule has 1 aromatic carbocycles. The minimum absolute atomic E-state index is 0.298. The Morgan fingerprint density at radius 1 is 1.16 bits per heavy atom. The Labute approximate surface area is 145 Å². The second-order valence-electron chi connectivity index (χ2n) is 7.00. The molecule has 5 nitrogen and oxygen atoms in total. The molecule has 7 heteroatoms. The fourth-order valence-electron chi connectivity index (χ4n) is 3.99. The molecule has 0 unspecified atom stereocenters. The van der Waals surface area contributed by atoms with E-state index in [2.05, 4.69) is 14.8 Å². The number of hydrogen-bond donors (Lipinski definition) is 1. The van der Waals surface area contributed by atoms with Gasteiger partial charge in [-0.15, -0.1) is 10.2 Å². The van der Waals surface area contributed by atoms with E-state index in [0.29, 0.717) is 25.1 Å². The summed E-state index contributed by atoms with van der Waals surface area (Å²) in [5.74, 6) is 0.938. The van der Waals surface area contributed by atoms with Crippen molar-refractivity contribution in [2.45, 2.75) is 57.3 Å². The highest BCUT2D eigenvalue weighted by Crippen LogP contribution is 2.35. The van der Waals surface area contributed by atoms with Crippen molar-refractivity contribution in [3.8, 4) is 0 Å². The van der Waals surface area contributed by atoms with E-state index in [-0.39, 0.29) is 6.04 Å². The summed E-state index contributed by atoms with van der Waals surface area (Å²) in [5, 5.41) is 18.7. The number of likely N-dealkylation sites (tertiary alicyclic amines) is 1. The molecule has 0 amide bonds. The zero-order valence-electron chi connectivity index (χ0n) is 14.0. The number of hydrogen-bond acceptors (Lipinski definition) is 4. The minimum atomic E-state index is -0.556. The van der Waals surface area contributed by atoms with E-state index < -0.39 is 17.7 Å². The van der Waals surface area contributed by atoms with Crippen molar-refractivity contribution >= 4 is 0 Å². The van der Waals surface area contributed by atoms with Gasteiger partial charge in [-0.25, -0.2) is 8.78 Å². The summed E-state index contributed by atoms with van der Waals surface area (Å²) in [6.45, 7) is 1.79. The Morgan fingerprint density at radius 3 is 2.92 bits per heavy atom. The van der Waals surface area contributed by atoms with Gasteiger partial charge in [-0.3, -0.25) is 4.90 Å². The molecule has 2 atom stereocenters. The minimum Gasteiger partial charge on any atom is -0.392 e. The van der Waals surface area contributed by atoms with Gasteiger partial charge in [-0.05, 0) is 37.5 Å². The molecular weight excluding hydrogens is 326 g/mol. The highest BCUT2D eigenvalue weighted by atomic mass is 19.1. The van der Waals surface area contributed by atoms with Gasteiger partial charge in [0.1, 0.15) is 23.3 Å². The molecule has 0 bridgehead atoms. The molecule has 134 valence electrons. The summed E-state index contributed by atoms with van der Waals surface area (Å²) < 4.78 is 30.0. The topological polar surface area (TPSA) is 54.2 Å². The quantitative estimate of drug-likeness (QED) is 0.926. The van der Waals surface area contributed by atoms with Gasteiger partial charge in [0.25, 0.3) is 0 Å². The van der Waals surface area contributed by atoms with E-state index in [4.69, 9.17) is 0 Å². The van der Waals surface area contributed by atoms with Crippen molar-refractivity contribution in [1.82, 2.24) is 19.7 Å². The maximum Gasteiger partial charge on any atom is 0.147 e. The predicted molar refractivity (Wildman–Crippen MR) is 87.7 cm³/mol. The third kappa shape index (κ3) is 3.30. The third-order valence-corrected chi connectivity index (χ3v) is 5.23. The van der Waals surface area contributed by atoms with Gasteiger partial charge in [-0.1, -0.05) is 6.42 Å². The largest absolute Gasteiger partial charge is 0.392 e. The zero-order chi connectivity index (χ0) is 17.4. The lowest BCUT2D eigenvalue weighted by molar-refractivity contribution is 0.170. The van der Waals surface area contributed by atoms with E-state index >= 15 is 0 Å². The van der Waals surface area contributed by atoms with Crippen LogP contribution in [0.4, 0.5) is 8.78 Å². The lowest BCUT2D eigenvalue weighted by Crippen LogP contribution is -2.27. The van der Waals surface area contributed by atoms with Crippen molar-refractivity contribution in [1.29, 1.82) is 0 Å². The summed E-state index contributed by atoms with van der Waals surface area (Å²) >= 11 is 0. The van der Waals surface area contributed by atoms with Gasteiger partial charge in [0.15, 0.2) is 0 Å². The summed E-state index contributed by atoms with van der Waals surface area (Å²) in [6, 6.07) is 3.14. The van der Waals surface area contributed by atoms with Crippen LogP contribution in [0.2, 0.25) is 0 Å². The molecule has 1 saturated heterocycles. The molecule has 1 fully saturated rings. The smallest absolute Gasteiger partial charge is 0.147 e. The highest BCUT2D eigenvalue weighted by molar-refractivity contribution is 5.24. The Balaban J connectivity index is 1.61. The van der Waals surface area contributed by atoms with Gasteiger partial charge in [0, 0.05) is 31.1 Å². The molecule has 1 N–H and O–H groups in total. The van der Waals surface area contributed by atoms with Crippen molar-refractivity contribution in [2.75, 3.05) is 6.54 Å². The number of aliphatic hydroxyl groups is 1. The van der Waals surface area contributed by atoms with E-state index in [1.54, 1.807) is 0 Å². The van der Waals surface area contributed by atoms with Crippen LogP contribution >= 0.6 is 0 Å². The van der Waals surface area contributed by atoms with Gasteiger partial charge < -0.3 is 9.67 Å². The Morgan fingerprint density at radius 2 is 2.04 bits per heavy atom.